The third-order valence-electron chi connectivity index (χ3n) is 12.6. The molecule has 0 fully saturated rings. The molecule has 8 nitrogen and oxygen atoms in total. The van der Waals surface area contributed by atoms with Crippen LogP contribution in [0.25, 0.3) is 0 Å². The van der Waals surface area contributed by atoms with Gasteiger partial charge in [-0.25, -0.2) is 0 Å². The maximum Gasteiger partial charge on any atom is 0.268 e. The van der Waals surface area contributed by atoms with Crippen LogP contribution in [-0.2, 0) is 18.4 Å². The van der Waals surface area contributed by atoms with Crippen LogP contribution in [0.2, 0.25) is 0 Å². The zero-order chi connectivity index (χ0) is 45.0. The van der Waals surface area contributed by atoms with Crippen LogP contribution in [0.4, 0.5) is 0 Å². The first kappa shape index (κ1) is 60.5. The molecule has 0 spiro atoms. The van der Waals surface area contributed by atoms with Crippen molar-refractivity contribution in [3.63, 3.8) is 0 Å². The number of phosphoric ester groups is 1. The Bertz CT molecular complexity index is 963. The summed E-state index contributed by atoms with van der Waals surface area (Å²) in [5, 5.41) is 13.9. The van der Waals surface area contributed by atoms with Crippen LogP contribution in [0, 0.1) is 0 Å². The number of hydrogen-bond donors (Lipinski definition) is 2. The zero-order valence-electron chi connectivity index (χ0n) is 41.7. The van der Waals surface area contributed by atoms with E-state index in [0.29, 0.717) is 23.9 Å². The average Bonchev–Trinajstić information content (AvgIpc) is 3.21. The first-order valence-corrected chi connectivity index (χ1v) is 28.3. The van der Waals surface area contributed by atoms with Gasteiger partial charge in [0.05, 0.1) is 39.9 Å². The molecule has 0 saturated carbocycles. The Morgan fingerprint density at radius 3 is 1.11 bits per heavy atom. The third-order valence-corrected chi connectivity index (χ3v) is 13.6. The number of nitrogens with one attached hydrogen (secondary N) is 1. The second-order valence-electron chi connectivity index (χ2n) is 20.0. The van der Waals surface area contributed by atoms with E-state index < -0.39 is 20.0 Å². The number of hydrogen-bond acceptors (Lipinski definition) is 6. The molecule has 0 aliphatic rings. The highest BCUT2D eigenvalue weighted by Crippen LogP contribution is 2.38. The van der Waals surface area contributed by atoms with Gasteiger partial charge in [-0.05, 0) is 12.8 Å². The summed E-state index contributed by atoms with van der Waals surface area (Å²) in [5.74, 6) is -0.168. The van der Waals surface area contributed by atoms with E-state index in [1.807, 2.05) is 21.1 Å². The van der Waals surface area contributed by atoms with E-state index in [1.54, 1.807) is 0 Å². The number of phosphoric acid groups is 1. The van der Waals surface area contributed by atoms with Crippen LogP contribution in [0.3, 0.4) is 0 Å². The molecular weight excluding hydrogens is 780 g/mol. The van der Waals surface area contributed by atoms with Crippen molar-refractivity contribution in [1.29, 1.82) is 0 Å². The second-order valence-corrected chi connectivity index (χ2v) is 21.4. The fraction of sp³-hybridized carbons (Fsp3) is 0.981. The molecule has 0 aliphatic carbocycles. The largest absolute Gasteiger partial charge is 0.756 e. The molecule has 9 heteroatoms. The molecule has 3 unspecified atom stereocenters. The molecule has 0 aromatic carbocycles. The van der Waals surface area contributed by atoms with Crippen molar-refractivity contribution in [2.75, 3.05) is 40.9 Å². The van der Waals surface area contributed by atoms with Crippen molar-refractivity contribution in [2.24, 2.45) is 0 Å². The van der Waals surface area contributed by atoms with E-state index in [0.717, 1.165) is 38.5 Å². The van der Waals surface area contributed by atoms with Gasteiger partial charge in [0.15, 0.2) is 0 Å². The molecule has 0 heterocycles. The number of aliphatic hydroxyl groups excluding tert-OH is 1. The summed E-state index contributed by atoms with van der Waals surface area (Å²) in [6.07, 6.45) is 51.8. The molecule has 3 atom stereocenters. The second kappa shape index (κ2) is 44.7. The molecule has 0 bridgehead atoms. The summed E-state index contributed by atoms with van der Waals surface area (Å²) in [7, 11) is 1.32. The summed E-state index contributed by atoms with van der Waals surface area (Å²) in [6.45, 7) is 4.70. The molecule has 2 N–H and O–H groups in total. The van der Waals surface area contributed by atoms with Crippen LogP contribution in [0.5, 0.6) is 0 Å². The van der Waals surface area contributed by atoms with Gasteiger partial charge >= 0.3 is 0 Å². The third kappa shape index (κ3) is 47.3. The first-order valence-electron chi connectivity index (χ1n) is 26.9. The van der Waals surface area contributed by atoms with Gasteiger partial charge in [0.2, 0.25) is 5.91 Å². The highest BCUT2D eigenvalue weighted by atomic mass is 31.2. The summed E-state index contributed by atoms with van der Waals surface area (Å²) < 4.78 is 23.2. The van der Waals surface area contributed by atoms with Crippen LogP contribution in [0.1, 0.15) is 277 Å². The van der Waals surface area contributed by atoms with Crippen molar-refractivity contribution in [1.82, 2.24) is 5.32 Å². The van der Waals surface area contributed by atoms with E-state index in [-0.39, 0.29) is 19.1 Å². The lowest BCUT2D eigenvalue weighted by molar-refractivity contribution is -0.870. The predicted octanol–water partition coefficient (Wildman–Crippen LogP) is 15.1. The van der Waals surface area contributed by atoms with Gasteiger partial charge in [-0.1, -0.05) is 258 Å². The molecule has 1 amide bonds. The average molecular weight is 887 g/mol. The van der Waals surface area contributed by atoms with Gasteiger partial charge in [-0.15, -0.1) is 0 Å². The summed E-state index contributed by atoms with van der Waals surface area (Å²) in [4.78, 5) is 25.2. The van der Waals surface area contributed by atoms with Crippen molar-refractivity contribution < 1.29 is 32.9 Å². The number of amides is 1. The zero-order valence-corrected chi connectivity index (χ0v) is 42.5. The first-order chi connectivity index (χ1) is 29.5. The van der Waals surface area contributed by atoms with E-state index >= 15 is 0 Å². The Hall–Kier alpha value is -0.500. The van der Waals surface area contributed by atoms with Crippen molar-refractivity contribution >= 4 is 13.7 Å². The van der Waals surface area contributed by atoms with E-state index in [9.17, 15) is 19.4 Å². The maximum absolute atomic E-state index is 12.8. The fourth-order valence-corrected chi connectivity index (χ4v) is 9.06. The quantitative estimate of drug-likeness (QED) is 0.0358. The van der Waals surface area contributed by atoms with Crippen molar-refractivity contribution in [3.05, 3.63) is 0 Å². The fourth-order valence-electron chi connectivity index (χ4n) is 8.34. The Morgan fingerprint density at radius 1 is 0.508 bits per heavy atom. The van der Waals surface area contributed by atoms with Crippen molar-refractivity contribution in [3.8, 4) is 0 Å². The topological polar surface area (TPSA) is 108 Å². The number of nitrogens with zero attached hydrogens (tertiary/aromatic N) is 1. The Balaban J connectivity index is 3.84. The van der Waals surface area contributed by atoms with E-state index in [4.69, 9.17) is 9.05 Å². The van der Waals surface area contributed by atoms with Gasteiger partial charge < -0.3 is 28.8 Å². The minimum Gasteiger partial charge on any atom is -0.756 e. The SMILES string of the molecule is CCCCCCCCCCCCCCCCCCCCCCCCCCCCCCCCCCC(O)C(COP(=O)([O-])OCC[N+](C)(C)C)NC(=O)CCCCCCCCC. The van der Waals surface area contributed by atoms with Gasteiger partial charge in [0, 0.05) is 6.42 Å². The molecule has 0 aliphatic heterocycles. The molecule has 61 heavy (non-hydrogen) atoms. The van der Waals surface area contributed by atoms with Crippen LogP contribution >= 0.6 is 7.82 Å². The molecule has 0 radical (unpaired) electrons. The van der Waals surface area contributed by atoms with Crippen LogP contribution < -0.4 is 10.2 Å². The van der Waals surface area contributed by atoms with E-state index in [1.165, 1.54) is 212 Å². The summed E-state index contributed by atoms with van der Waals surface area (Å²) in [6, 6.07) is -0.792. The molecule has 0 rings (SSSR count). The number of aliphatic hydroxyl groups is 1. The minimum absolute atomic E-state index is 0.0157. The monoisotopic (exact) mass is 887 g/mol. The lowest BCUT2D eigenvalue weighted by Gasteiger charge is -2.30. The summed E-state index contributed by atoms with van der Waals surface area (Å²) >= 11 is 0. The highest BCUT2D eigenvalue weighted by molar-refractivity contribution is 7.45. The van der Waals surface area contributed by atoms with Crippen LogP contribution in [-0.4, -0.2) is 68.5 Å². The Kier molecular flexibility index (Phi) is 44.3. The van der Waals surface area contributed by atoms with Gasteiger partial charge in [0.1, 0.15) is 13.2 Å². The predicted molar refractivity (Wildman–Crippen MR) is 261 cm³/mol. The number of carbonyl (C=O) groups excluding carboxylic acids is 1. The minimum atomic E-state index is -4.55. The smallest absolute Gasteiger partial charge is 0.268 e. The normalized spacial score (nSPS) is 14.0. The van der Waals surface area contributed by atoms with E-state index in [2.05, 4.69) is 19.2 Å². The van der Waals surface area contributed by atoms with Gasteiger partial charge in [-0.3, -0.25) is 9.36 Å². The van der Waals surface area contributed by atoms with Gasteiger partial charge in [0.25, 0.3) is 7.82 Å². The molecule has 0 aromatic heterocycles. The molecule has 0 saturated heterocycles. The highest BCUT2D eigenvalue weighted by Gasteiger charge is 2.24. The van der Waals surface area contributed by atoms with Crippen molar-refractivity contribution in [2.45, 2.75) is 289 Å². The lowest BCUT2D eigenvalue weighted by atomic mass is 10.0. The number of unbranched alkanes of at least 4 members (excludes halogenated alkanes) is 37. The molecular formula is C52H107N2O6P. The lowest BCUT2D eigenvalue weighted by Crippen LogP contribution is -2.46. The number of quaternary nitrogens is 1. The Morgan fingerprint density at radius 2 is 0.803 bits per heavy atom. The maximum atomic E-state index is 12.8. The van der Waals surface area contributed by atoms with Crippen LogP contribution in [0.15, 0.2) is 0 Å². The standard InChI is InChI=1S/C52H107N2O6P/c1-6-8-10-12-14-15-16-17-18-19-20-21-22-23-24-25-26-27-28-29-30-31-32-33-34-35-36-37-38-40-41-43-45-51(55)50(49-60-61(57,58)59-48-47-54(3,4)5)53-52(56)46-44-42-39-13-11-9-7-2/h50-51,55H,6-49H2,1-5H3,(H-,53,56,57,58). The summed E-state index contributed by atoms with van der Waals surface area (Å²) in [5.41, 5.74) is 0. The number of likely N-dealkylation sites (N-methyl/N-ethyl adjacent to an activating group) is 1. The van der Waals surface area contributed by atoms with Gasteiger partial charge in [-0.2, -0.15) is 0 Å². The number of carbonyl (C=O) groups is 1. The Labute approximate surface area is 380 Å². The molecule has 366 valence electrons. The molecule has 0 aromatic rings. The number of rotatable bonds is 50.